The van der Waals surface area contributed by atoms with E-state index in [4.69, 9.17) is 16.3 Å². The van der Waals surface area contributed by atoms with E-state index in [1.54, 1.807) is 27.7 Å². The van der Waals surface area contributed by atoms with Crippen LogP contribution in [0.25, 0.3) is 0 Å². The molecule has 0 aliphatic carbocycles. The lowest BCUT2D eigenvalue weighted by Crippen LogP contribution is -2.24. The van der Waals surface area contributed by atoms with Crippen molar-refractivity contribution in [3.63, 3.8) is 0 Å². The van der Waals surface area contributed by atoms with E-state index in [0.29, 0.717) is 10.6 Å². The number of aryl methyl sites for hydroxylation is 1. The number of ketones is 1. The fourth-order valence-corrected chi connectivity index (χ4v) is 3.83. The second-order valence-electron chi connectivity index (χ2n) is 7.58. The number of thiophene rings is 1. The minimum absolute atomic E-state index is 0.0818. The van der Waals surface area contributed by atoms with Crippen molar-refractivity contribution >= 4 is 45.6 Å². The third-order valence-electron chi connectivity index (χ3n) is 4.02. The Kier molecular flexibility index (Phi) is 7.19. The lowest BCUT2D eigenvalue weighted by atomic mass is 10.0. The average Bonchev–Trinajstić information content (AvgIpc) is 2.85. The minimum Gasteiger partial charge on any atom is -0.460 e. The molecule has 0 saturated carbocycles. The summed E-state index contributed by atoms with van der Waals surface area (Å²) >= 11 is 6.99. The van der Waals surface area contributed by atoms with Crippen molar-refractivity contribution in [2.45, 2.75) is 53.1 Å². The van der Waals surface area contributed by atoms with Crippen molar-refractivity contribution in [2.75, 3.05) is 5.32 Å². The first kappa shape index (κ1) is 23.0. The number of nitrogens with one attached hydrogen (secondary N) is 1. The predicted octanol–water partition coefficient (Wildman–Crippen LogP) is 5.45. The average molecular weight is 440 g/mol. The molecule has 2 rings (SSSR count). The van der Waals surface area contributed by atoms with E-state index < -0.39 is 29.1 Å². The van der Waals surface area contributed by atoms with Gasteiger partial charge in [0.05, 0.1) is 17.5 Å². The summed E-state index contributed by atoms with van der Waals surface area (Å²) in [6, 6.07) is 3.83. The number of halogens is 2. The molecule has 0 fully saturated rings. The van der Waals surface area contributed by atoms with Crippen LogP contribution < -0.4 is 5.32 Å². The molecule has 0 aliphatic heterocycles. The number of hydrogen-bond acceptors (Lipinski definition) is 5. The number of rotatable bonds is 6. The normalized spacial score (nSPS) is 11.3. The van der Waals surface area contributed by atoms with Gasteiger partial charge in [-0.2, -0.15) is 0 Å². The maximum Gasteiger partial charge on any atom is 0.306 e. The van der Waals surface area contributed by atoms with Crippen LogP contribution in [0, 0.1) is 19.7 Å². The van der Waals surface area contributed by atoms with Gasteiger partial charge in [0, 0.05) is 16.3 Å². The van der Waals surface area contributed by atoms with Gasteiger partial charge in [0.1, 0.15) is 16.4 Å². The van der Waals surface area contributed by atoms with Crippen LogP contribution in [0.2, 0.25) is 5.02 Å². The van der Waals surface area contributed by atoms with Gasteiger partial charge in [-0.3, -0.25) is 14.4 Å². The number of benzene rings is 1. The Hall–Kier alpha value is -2.25. The molecule has 0 atom stereocenters. The van der Waals surface area contributed by atoms with Crippen LogP contribution in [0.3, 0.4) is 0 Å². The predicted molar refractivity (Wildman–Crippen MR) is 112 cm³/mol. The summed E-state index contributed by atoms with van der Waals surface area (Å²) in [6.45, 7) is 8.79. The number of hydrogen-bond donors (Lipinski definition) is 1. The topological polar surface area (TPSA) is 72.5 Å². The summed E-state index contributed by atoms with van der Waals surface area (Å²) in [4.78, 5) is 37.9. The quantitative estimate of drug-likeness (QED) is 0.480. The molecular formula is C21H23ClFNO4S. The van der Waals surface area contributed by atoms with Gasteiger partial charge in [-0.25, -0.2) is 4.39 Å². The van der Waals surface area contributed by atoms with Gasteiger partial charge in [-0.05, 0) is 58.4 Å². The molecule has 0 radical (unpaired) electrons. The molecule has 29 heavy (non-hydrogen) atoms. The minimum atomic E-state index is -0.729. The van der Waals surface area contributed by atoms with Crippen molar-refractivity contribution in [3.05, 3.63) is 50.6 Å². The number of carbonyl (C=O) groups is 3. The maximum atomic E-state index is 14.2. The van der Waals surface area contributed by atoms with E-state index in [-0.39, 0.29) is 29.0 Å². The third kappa shape index (κ3) is 6.11. The summed E-state index contributed by atoms with van der Waals surface area (Å²) < 4.78 is 19.4. The van der Waals surface area contributed by atoms with Crippen molar-refractivity contribution in [1.29, 1.82) is 0 Å². The summed E-state index contributed by atoms with van der Waals surface area (Å²) in [5.41, 5.74) is 0.147. The first-order chi connectivity index (χ1) is 13.4. The Balaban J connectivity index is 2.18. The molecular weight excluding hydrogens is 417 g/mol. The molecule has 0 spiro atoms. The van der Waals surface area contributed by atoms with Crippen LogP contribution in [0.1, 0.15) is 60.0 Å². The van der Waals surface area contributed by atoms with Gasteiger partial charge in [-0.15, -0.1) is 11.3 Å². The first-order valence-electron chi connectivity index (χ1n) is 9.00. The highest BCUT2D eigenvalue weighted by molar-refractivity contribution is 7.16. The zero-order valence-corrected chi connectivity index (χ0v) is 18.5. The molecule has 1 heterocycles. The number of carbonyl (C=O) groups excluding carboxylic acids is 3. The Labute approximate surface area is 178 Å². The lowest BCUT2D eigenvalue weighted by molar-refractivity contribution is -0.155. The number of amides is 1. The smallest absolute Gasteiger partial charge is 0.306 e. The Bertz CT molecular complexity index is 962. The van der Waals surface area contributed by atoms with E-state index in [1.807, 2.05) is 6.92 Å². The van der Waals surface area contributed by atoms with E-state index >= 15 is 0 Å². The summed E-state index contributed by atoms with van der Waals surface area (Å²) in [5.74, 6) is -2.18. The molecule has 8 heteroatoms. The van der Waals surface area contributed by atoms with Crippen molar-refractivity contribution in [1.82, 2.24) is 0 Å². The number of esters is 1. The highest BCUT2D eigenvalue weighted by atomic mass is 35.5. The zero-order valence-electron chi connectivity index (χ0n) is 16.9. The fourth-order valence-electron chi connectivity index (χ4n) is 2.59. The van der Waals surface area contributed by atoms with Gasteiger partial charge >= 0.3 is 5.97 Å². The summed E-state index contributed by atoms with van der Waals surface area (Å²) in [6.07, 6.45) is -0.171. The Morgan fingerprint density at radius 2 is 1.83 bits per heavy atom. The molecule has 156 valence electrons. The van der Waals surface area contributed by atoms with Crippen LogP contribution in [0.4, 0.5) is 9.39 Å². The highest BCUT2D eigenvalue weighted by Gasteiger charge is 2.25. The second-order valence-corrected chi connectivity index (χ2v) is 9.24. The van der Waals surface area contributed by atoms with E-state index in [9.17, 15) is 18.8 Å². The van der Waals surface area contributed by atoms with Crippen LogP contribution in [0.5, 0.6) is 0 Å². The first-order valence-corrected chi connectivity index (χ1v) is 10.2. The van der Waals surface area contributed by atoms with E-state index in [2.05, 4.69) is 5.32 Å². The van der Waals surface area contributed by atoms with Gasteiger partial charge in [0.25, 0.3) is 0 Å². The number of anilines is 1. The molecule has 1 aromatic carbocycles. The largest absolute Gasteiger partial charge is 0.460 e. The van der Waals surface area contributed by atoms with Crippen molar-refractivity contribution in [2.24, 2.45) is 0 Å². The van der Waals surface area contributed by atoms with Crippen LogP contribution in [-0.4, -0.2) is 23.3 Å². The standard InChI is InChI=1S/C21H23ClFNO4S/c1-11-12(2)29-20(24-16(25)8-9-17(26)28-21(3,4)5)18(11)19(27)14-7-6-13(22)10-15(14)23/h6-7,10H,8-9H2,1-5H3,(H,24,25). The van der Waals surface area contributed by atoms with Gasteiger partial charge in [-0.1, -0.05) is 11.6 Å². The zero-order chi connectivity index (χ0) is 21.9. The SMILES string of the molecule is Cc1sc(NC(=O)CCC(=O)OC(C)(C)C)c(C(=O)c2ccc(Cl)cc2F)c1C. The Morgan fingerprint density at radius 3 is 2.41 bits per heavy atom. The van der Waals surface area contributed by atoms with E-state index in [1.165, 1.54) is 23.5 Å². The molecule has 0 unspecified atom stereocenters. The summed E-state index contributed by atoms with van der Waals surface area (Å²) in [5, 5.41) is 3.19. The molecule has 5 nitrogen and oxygen atoms in total. The van der Waals surface area contributed by atoms with Gasteiger partial charge in [0.2, 0.25) is 5.91 Å². The number of ether oxygens (including phenoxy) is 1. The molecule has 2 aromatic rings. The van der Waals surface area contributed by atoms with Crippen molar-refractivity contribution in [3.8, 4) is 0 Å². The second kappa shape index (κ2) is 9.05. The van der Waals surface area contributed by atoms with Crippen LogP contribution >= 0.6 is 22.9 Å². The van der Waals surface area contributed by atoms with Crippen molar-refractivity contribution < 1.29 is 23.5 Å². The molecule has 1 aromatic heterocycles. The lowest BCUT2D eigenvalue weighted by Gasteiger charge is -2.19. The monoisotopic (exact) mass is 439 g/mol. The maximum absolute atomic E-state index is 14.2. The van der Waals surface area contributed by atoms with Crippen LogP contribution in [-0.2, 0) is 14.3 Å². The van der Waals surface area contributed by atoms with E-state index in [0.717, 1.165) is 10.9 Å². The van der Waals surface area contributed by atoms with Gasteiger partial charge in [0.15, 0.2) is 5.78 Å². The summed E-state index contributed by atoms with van der Waals surface area (Å²) in [7, 11) is 0. The fraction of sp³-hybridized carbons (Fsp3) is 0.381. The highest BCUT2D eigenvalue weighted by Crippen LogP contribution is 2.35. The third-order valence-corrected chi connectivity index (χ3v) is 5.38. The molecule has 0 aliphatic rings. The Morgan fingerprint density at radius 1 is 1.17 bits per heavy atom. The molecule has 1 N–H and O–H groups in total. The molecule has 0 bridgehead atoms. The molecule has 0 saturated heterocycles. The molecule has 1 amide bonds. The van der Waals surface area contributed by atoms with Crippen LogP contribution in [0.15, 0.2) is 18.2 Å². The van der Waals surface area contributed by atoms with Gasteiger partial charge < -0.3 is 10.1 Å².